The molecular weight excluding hydrogens is 707 g/mol. The summed E-state index contributed by atoms with van der Waals surface area (Å²) in [7, 11) is 1.11. The SMILES string of the molecule is COc1c(F)c(-c2cc(=O)[nH]cc2C(F)(F)F)c(F)c2nc(OC[C@@]34CCCN3C[C@H](F)C4)nc(N3CC4CCC(C3)N4)c12.O=C(O)C(F)(F)F. The maximum absolute atomic E-state index is 16.5. The monoisotopic (exact) mass is 738 g/mol. The van der Waals surface area contributed by atoms with E-state index >= 15 is 8.78 Å². The third kappa shape index (κ3) is 6.98. The van der Waals surface area contributed by atoms with Crippen molar-refractivity contribution in [1.82, 2.24) is 25.2 Å². The van der Waals surface area contributed by atoms with Gasteiger partial charge in [-0.3, -0.25) is 9.69 Å². The van der Waals surface area contributed by atoms with Crippen LogP contribution in [0.2, 0.25) is 0 Å². The van der Waals surface area contributed by atoms with Crippen LogP contribution >= 0.6 is 0 Å². The lowest BCUT2D eigenvalue weighted by atomic mass is 9.95. The summed E-state index contributed by atoms with van der Waals surface area (Å²) in [6, 6.07) is 0.408. The molecule has 0 amide bonds. The van der Waals surface area contributed by atoms with Gasteiger partial charge in [0.1, 0.15) is 24.1 Å². The first kappa shape index (κ1) is 36.5. The highest BCUT2D eigenvalue weighted by molar-refractivity contribution is 5.99. The fourth-order valence-corrected chi connectivity index (χ4v) is 7.49. The van der Waals surface area contributed by atoms with Gasteiger partial charge in [0, 0.05) is 56.0 Å². The van der Waals surface area contributed by atoms with Gasteiger partial charge in [0.25, 0.3) is 0 Å². The Kier molecular flexibility index (Phi) is 9.53. The number of piperazine rings is 1. The minimum Gasteiger partial charge on any atom is -0.493 e. The number of hydrogen-bond acceptors (Lipinski definition) is 9. The average Bonchev–Trinajstić information content (AvgIpc) is 3.69. The van der Waals surface area contributed by atoms with Gasteiger partial charge >= 0.3 is 24.3 Å². The Morgan fingerprint density at radius 2 is 1.75 bits per heavy atom. The predicted molar refractivity (Wildman–Crippen MR) is 161 cm³/mol. The Morgan fingerprint density at radius 1 is 1.08 bits per heavy atom. The molecule has 4 aliphatic rings. The molecule has 278 valence electrons. The summed E-state index contributed by atoms with van der Waals surface area (Å²) >= 11 is 0. The quantitative estimate of drug-likeness (QED) is 0.303. The van der Waals surface area contributed by atoms with E-state index in [1.807, 2.05) is 14.8 Å². The Balaban J connectivity index is 0.000000582. The summed E-state index contributed by atoms with van der Waals surface area (Å²) in [6.07, 6.45) is -7.19. The molecule has 0 aliphatic carbocycles. The molecule has 0 saturated carbocycles. The van der Waals surface area contributed by atoms with Crippen molar-refractivity contribution in [2.45, 2.75) is 68.3 Å². The maximum Gasteiger partial charge on any atom is 0.490 e. The van der Waals surface area contributed by atoms with Crippen LogP contribution in [-0.2, 0) is 11.0 Å². The summed E-state index contributed by atoms with van der Waals surface area (Å²) < 4.78 is 132. The van der Waals surface area contributed by atoms with Gasteiger partial charge in [-0.05, 0) is 32.2 Å². The number of hydrogen-bond donors (Lipinski definition) is 3. The van der Waals surface area contributed by atoms with Crippen LogP contribution in [-0.4, -0.2) is 101 Å². The number of alkyl halides is 7. The molecule has 0 spiro atoms. The van der Waals surface area contributed by atoms with Crippen molar-refractivity contribution in [3.05, 3.63) is 39.8 Å². The second-order valence-electron chi connectivity index (χ2n) is 12.9. The van der Waals surface area contributed by atoms with Crippen LogP contribution in [0.15, 0.2) is 17.1 Å². The molecule has 0 radical (unpaired) electrons. The number of carboxylic acid groups (broad SMARTS) is 1. The number of carbonyl (C=O) groups is 1. The molecule has 1 aromatic carbocycles. The van der Waals surface area contributed by atoms with Crippen molar-refractivity contribution in [3.63, 3.8) is 0 Å². The van der Waals surface area contributed by atoms with Gasteiger partial charge in [-0.1, -0.05) is 0 Å². The van der Waals surface area contributed by atoms with E-state index in [0.717, 1.165) is 26.4 Å². The van der Waals surface area contributed by atoms with Crippen molar-refractivity contribution in [2.24, 2.45) is 0 Å². The van der Waals surface area contributed by atoms with Crippen LogP contribution in [0.4, 0.5) is 45.3 Å². The van der Waals surface area contributed by atoms with Gasteiger partial charge < -0.3 is 29.8 Å². The second kappa shape index (κ2) is 13.3. The lowest BCUT2D eigenvalue weighted by Crippen LogP contribution is -2.51. The fraction of sp³-hybridized carbons (Fsp3) is 0.548. The summed E-state index contributed by atoms with van der Waals surface area (Å²) in [5.74, 6) is -6.06. The average molecular weight is 739 g/mol. The molecule has 3 N–H and O–H groups in total. The molecule has 4 aliphatic heterocycles. The number of aromatic nitrogens is 3. The number of benzene rings is 1. The van der Waals surface area contributed by atoms with Crippen LogP contribution < -0.4 is 25.2 Å². The van der Waals surface area contributed by atoms with Crippen LogP contribution in [0.1, 0.15) is 37.7 Å². The molecule has 4 atom stereocenters. The number of rotatable bonds is 6. The standard InChI is InChI=1S/C29H30F6N6O3.C2HF3O2/c1-43-25-21-24(22(31)20(23(25)32)17-7-19(42)36-9-18(17)29(33,34)35)38-27(39-26(21)40-11-15-3-4-16(12-40)37-15)44-13-28-5-2-6-41(28)10-14(30)8-28;3-2(4,5)1(6)7/h7,9,14-16,37H,2-6,8,10-13H2,1H3,(H,36,42);(H,6,7)/t14-,15?,16?,28+;/m1./s1. The molecule has 2 unspecified atom stereocenters. The zero-order valence-electron chi connectivity index (χ0n) is 26.7. The zero-order chi connectivity index (χ0) is 37.0. The van der Waals surface area contributed by atoms with Gasteiger partial charge in [-0.25, -0.2) is 18.0 Å². The minimum atomic E-state index is -5.08. The number of anilines is 1. The van der Waals surface area contributed by atoms with Crippen molar-refractivity contribution in [1.29, 1.82) is 0 Å². The topological polar surface area (TPSA) is 133 Å². The number of H-pyrrole nitrogens is 1. The number of ether oxygens (including phenoxy) is 2. The first-order chi connectivity index (χ1) is 23.9. The van der Waals surface area contributed by atoms with E-state index in [0.29, 0.717) is 38.3 Å². The van der Waals surface area contributed by atoms with Gasteiger partial charge in [-0.15, -0.1) is 0 Å². The van der Waals surface area contributed by atoms with Crippen LogP contribution in [0, 0.1) is 11.6 Å². The van der Waals surface area contributed by atoms with E-state index in [4.69, 9.17) is 19.4 Å². The first-order valence-electron chi connectivity index (χ1n) is 15.8. The number of carboxylic acids is 1. The lowest BCUT2D eigenvalue weighted by molar-refractivity contribution is -0.192. The van der Waals surface area contributed by atoms with Gasteiger partial charge in [-0.2, -0.15) is 36.3 Å². The molecule has 20 heteroatoms. The largest absolute Gasteiger partial charge is 0.493 e. The lowest BCUT2D eigenvalue weighted by Gasteiger charge is -2.35. The second-order valence-corrected chi connectivity index (χ2v) is 12.9. The van der Waals surface area contributed by atoms with Crippen molar-refractivity contribution in [2.75, 3.05) is 44.8 Å². The molecule has 6 heterocycles. The highest BCUT2D eigenvalue weighted by atomic mass is 19.4. The summed E-state index contributed by atoms with van der Waals surface area (Å²) in [5, 5.41) is 10.4. The molecule has 2 aromatic heterocycles. The number of nitrogens with one attached hydrogen (secondary N) is 2. The number of halogens is 9. The molecule has 2 bridgehead atoms. The van der Waals surface area contributed by atoms with E-state index in [1.165, 1.54) is 0 Å². The number of methoxy groups -OCH3 is 1. The highest BCUT2D eigenvalue weighted by Gasteiger charge is 2.49. The smallest absolute Gasteiger partial charge is 0.490 e. The minimum absolute atomic E-state index is 0.0181. The Bertz CT molecular complexity index is 1880. The third-order valence-electron chi connectivity index (χ3n) is 9.64. The molecule has 51 heavy (non-hydrogen) atoms. The molecular formula is C31H31F9N6O5. The van der Waals surface area contributed by atoms with Crippen molar-refractivity contribution in [3.8, 4) is 22.9 Å². The highest BCUT2D eigenvalue weighted by Crippen LogP contribution is 2.46. The van der Waals surface area contributed by atoms with Gasteiger partial charge in [0.15, 0.2) is 17.4 Å². The van der Waals surface area contributed by atoms with E-state index < -0.39 is 75.2 Å². The summed E-state index contributed by atoms with van der Waals surface area (Å²) in [5.41, 5.74) is -5.64. The van der Waals surface area contributed by atoms with E-state index in [9.17, 15) is 35.5 Å². The third-order valence-corrected chi connectivity index (χ3v) is 9.64. The first-order valence-corrected chi connectivity index (χ1v) is 15.8. The van der Waals surface area contributed by atoms with Crippen LogP contribution in [0.3, 0.4) is 0 Å². The Labute approximate surface area is 282 Å². The predicted octanol–water partition coefficient (Wildman–Crippen LogP) is 4.82. The number of pyridine rings is 1. The number of aromatic amines is 1. The van der Waals surface area contributed by atoms with E-state index in [1.54, 1.807) is 0 Å². The summed E-state index contributed by atoms with van der Waals surface area (Å²) in [6.45, 7) is 1.91. The van der Waals surface area contributed by atoms with E-state index in [2.05, 4.69) is 15.3 Å². The maximum atomic E-state index is 16.5. The van der Waals surface area contributed by atoms with Crippen LogP contribution in [0.5, 0.6) is 11.8 Å². The van der Waals surface area contributed by atoms with Crippen LogP contribution in [0.25, 0.3) is 22.0 Å². The molecule has 3 aromatic rings. The normalized spacial score (nSPS) is 24.7. The Morgan fingerprint density at radius 3 is 2.35 bits per heavy atom. The van der Waals surface area contributed by atoms with Gasteiger partial charge in [0.05, 0.1) is 29.2 Å². The van der Waals surface area contributed by atoms with Crippen molar-refractivity contribution < 1.29 is 58.9 Å². The zero-order valence-corrected chi connectivity index (χ0v) is 26.7. The number of nitrogens with zero attached hydrogens (tertiary/aromatic N) is 4. The molecule has 11 nitrogen and oxygen atoms in total. The fourth-order valence-electron chi connectivity index (χ4n) is 7.49. The Hall–Kier alpha value is -4.33. The van der Waals surface area contributed by atoms with E-state index in [-0.39, 0.29) is 48.9 Å². The van der Waals surface area contributed by atoms with Crippen molar-refractivity contribution >= 4 is 22.7 Å². The van der Waals surface area contributed by atoms with Gasteiger partial charge in [0.2, 0.25) is 5.56 Å². The molecule has 4 saturated heterocycles. The number of aliphatic carboxylic acids is 1. The summed E-state index contributed by atoms with van der Waals surface area (Å²) in [4.78, 5) is 35.6. The molecule has 7 rings (SSSR count). The molecule has 4 fully saturated rings. The number of fused-ring (bicyclic) bond motifs is 4.